The Labute approximate surface area is 177 Å². The van der Waals surface area contributed by atoms with E-state index in [-0.39, 0.29) is 5.41 Å². The number of hydrogen-bond acceptors (Lipinski definition) is 6. The van der Waals surface area contributed by atoms with E-state index in [9.17, 15) is 0 Å². The van der Waals surface area contributed by atoms with Crippen molar-refractivity contribution in [2.45, 2.75) is 58.3 Å². The second kappa shape index (κ2) is 7.52. The molecule has 0 bridgehead atoms. The number of rotatable bonds is 4. The number of imidazole rings is 1. The summed E-state index contributed by atoms with van der Waals surface area (Å²) in [5, 5.41) is 4.60. The zero-order valence-corrected chi connectivity index (χ0v) is 18.1. The quantitative estimate of drug-likeness (QED) is 0.659. The first kappa shape index (κ1) is 19.3. The number of fused-ring (bicyclic) bond motifs is 2. The lowest BCUT2D eigenvalue weighted by Crippen LogP contribution is -2.25. The average Bonchev–Trinajstić information content (AvgIpc) is 3.38. The molecule has 5 rings (SSSR count). The van der Waals surface area contributed by atoms with Crippen LogP contribution in [0.3, 0.4) is 0 Å². The Morgan fingerprint density at radius 2 is 2.00 bits per heavy atom. The van der Waals surface area contributed by atoms with Gasteiger partial charge in [-0.25, -0.2) is 19.5 Å². The zero-order valence-electron chi connectivity index (χ0n) is 18.1. The summed E-state index contributed by atoms with van der Waals surface area (Å²) >= 11 is 0. The minimum Gasteiger partial charge on any atom is -0.476 e. The van der Waals surface area contributed by atoms with Crippen molar-refractivity contribution in [3.63, 3.8) is 0 Å². The Hall–Kier alpha value is -2.70. The number of hydrogen-bond donors (Lipinski definition) is 0. The van der Waals surface area contributed by atoms with E-state index in [0.29, 0.717) is 18.4 Å². The summed E-state index contributed by atoms with van der Waals surface area (Å²) < 4.78 is 7.89. The molecule has 0 spiro atoms. The van der Waals surface area contributed by atoms with Gasteiger partial charge in [0.25, 0.3) is 0 Å². The highest BCUT2D eigenvalue weighted by Gasteiger charge is 2.28. The van der Waals surface area contributed by atoms with Crippen LogP contribution >= 0.6 is 0 Å². The van der Waals surface area contributed by atoms with E-state index < -0.39 is 0 Å². The molecular formula is C23H30N6O. The molecule has 158 valence electrons. The second-order valence-corrected chi connectivity index (χ2v) is 9.59. The number of anilines is 1. The molecule has 30 heavy (non-hydrogen) atoms. The van der Waals surface area contributed by atoms with Gasteiger partial charge < -0.3 is 9.64 Å². The van der Waals surface area contributed by atoms with Crippen LogP contribution in [0.4, 0.5) is 5.82 Å². The molecule has 1 aliphatic carbocycles. The van der Waals surface area contributed by atoms with E-state index in [0.717, 1.165) is 49.5 Å². The smallest absolute Gasteiger partial charge is 0.231 e. The molecule has 0 saturated carbocycles. The van der Waals surface area contributed by atoms with Gasteiger partial charge in [-0.1, -0.05) is 20.8 Å². The van der Waals surface area contributed by atoms with Gasteiger partial charge in [0.15, 0.2) is 5.65 Å². The molecule has 3 aromatic rings. The zero-order chi connectivity index (χ0) is 20.7. The summed E-state index contributed by atoms with van der Waals surface area (Å²) in [6.07, 6.45) is 9.52. The maximum absolute atomic E-state index is 6.07. The Bertz CT molecular complexity index is 1050. The lowest BCUT2D eigenvalue weighted by atomic mass is 9.93. The van der Waals surface area contributed by atoms with Crippen LogP contribution in [-0.4, -0.2) is 44.3 Å². The number of aromatic nitrogens is 5. The van der Waals surface area contributed by atoms with Gasteiger partial charge in [-0.3, -0.25) is 0 Å². The van der Waals surface area contributed by atoms with E-state index >= 15 is 0 Å². The largest absolute Gasteiger partial charge is 0.476 e. The van der Waals surface area contributed by atoms with Gasteiger partial charge in [-0.05, 0) is 38.2 Å². The molecule has 0 amide bonds. The lowest BCUT2D eigenvalue weighted by Gasteiger charge is -2.24. The van der Waals surface area contributed by atoms with Gasteiger partial charge in [-0.2, -0.15) is 0 Å². The van der Waals surface area contributed by atoms with Crippen LogP contribution < -0.4 is 9.64 Å². The predicted molar refractivity (Wildman–Crippen MR) is 116 cm³/mol. The number of ether oxygens (including phenoxy) is 1. The highest BCUT2D eigenvalue weighted by atomic mass is 16.5. The lowest BCUT2D eigenvalue weighted by molar-refractivity contribution is 0.249. The molecule has 0 aromatic carbocycles. The van der Waals surface area contributed by atoms with E-state index in [1.54, 1.807) is 6.33 Å². The van der Waals surface area contributed by atoms with E-state index in [1.165, 1.54) is 24.1 Å². The molecule has 1 fully saturated rings. The van der Waals surface area contributed by atoms with Gasteiger partial charge in [0, 0.05) is 41.7 Å². The second-order valence-electron chi connectivity index (χ2n) is 9.59. The Kier molecular flexibility index (Phi) is 4.83. The molecule has 1 atom stereocenters. The van der Waals surface area contributed by atoms with E-state index in [2.05, 4.69) is 45.7 Å². The molecule has 0 radical (unpaired) electrons. The fourth-order valence-electron chi connectivity index (χ4n) is 4.44. The van der Waals surface area contributed by atoms with Crippen molar-refractivity contribution in [1.29, 1.82) is 0 Å². The van der Waals surface area contributed by atoms with E-state index in [1.807, 2.05) is 22.8 Å². The summed E-state index contributed by atoms with van der Waals surface area (Å²) in [4.78, 5) is 16.2. The summed E-state index contributed by atoms with van der Waals surface area (Å²) in [5.41, 5.74) is 4.51. The minimum atomic E-state index is 0.00220. The summed E-state index contributed by atoms with van der Waals surface area (Å²) in [7, 11) is 0. The standard InChI is InChI=1S/C23H30N6O/c1-23(2,3)19-13-29-20(26-19)8-9-21(27-29)30-14-16-10-11-28(12-16)22-17-6-4-5-7-18(17)24-15-25-22/h8-9,13,15-16H,4-7,10-12,14H2,1-3H3. The minimum absolute atomic E-state index is 0.00220. The van der Waals surface area contributed by atoms with Crippen molar-refractivity contribution in [2.24, 2.45) is 5.92 Å². The summed E-state index contributed by atoms with van der Waals surface area (Å²) in [6.45, 7) is 9.15. The van der Waals surface area contributed by atoms with Crippen LogP contribution in [0.15, 0.2) is 24.7 Å². The van der Waals surface area contributed by atoms with Crippen LogP contribution in [0.5, 0.6) is 5.88 Å². The van der Waals surface area contributed by atoms with Crippen LogP contribution in [0.1, 0.15) is 57.0 Å². The van der Waals surface area contributed by atoms with Crippen molar-refractivity contribution in [3.8, 4) is 5.88 Å². The Balaban J connectivity index is 1.24. The van der Waals surface area contributed by atoms with Gasteiger partial charge in [0.1, 0.15) is 12.1 Å². The third-order valence-corrected chi connectivity index (χ3v) is 6.22. The normalized spacial score (nSPS) is 19.3. The molecule has 4 heterocycles. The molecule has 3 aromatic heterocycles. The van der Waals surface area contributed by atoms with Gasteiger partial charge in [0.05, 0.1) is 18.5 Å². The highest BCUT2D eigenvalue weighted by Crippen LogP contribution is 2.30. The maximum Gasteiger partial charge on any atom is 0.231 e. The third kappa shape index (κ3) is 3.73. The highest BCUT2D eigenvalue weighted by molar-refractivity contribution is 5.50. The third-order valence-electron chi connectivity index (χ3n) is 6.22. The Morgan fingerprint density at radius 1 is 1.13 bits per heavy atom. The van der Waals surface area contributed by atoms with E-state index in [4.69, 9.17) is 4.74 Å². The molecule has 1 aliphatic heterocycles. The van der Waals surface area contributed by atoms with Crippen molar-refractivity contribution in [3.05, 3.63) is 41.6 Å². The van der Waals surface area contributed by atoms with Crippen LogP contribution in [0, 0.1) is 5.92 Å². The van der Waals surface area contributed by atoms with Crippen molar-refractivity contribution in [2.75, 3.05) is 24.6 Å². The first-order chi connectivity index (χ1) is 14.5. The average molecular weight is 407 g/mol. The van der Waals surface area contributed by atoms with Crippen molar-refractivity contribution >= 4 is 11.5 Å². The fraction of sp³-hybridized carbons (Fsp3) is 0.565. The van der Waals surface area contributed by atoms with Crippen LogP contribution in [-0.2, 0) is 18.3 Å². The predicted octanol–water partition coefficient (Wildman–Crippen LogP) is 3.60. The topological polar surface area (TPSA) is 68.4 Å². The molecular weight excluding hydrogens is 376 g/mol. The molecule has 7 heteroatoms. The molecule has 1 saturated heterocycles. The van der Waals surface area contributed by atoms with Gasteiger partial charge >= 0.3 is 0 Å². The first-order valence-corrected chi connectivity index (χ1v) is 11.0. The van der Waals surface area contributed by atoms with Crippen LogP contribution in [0.2, 0.25) is 0 Å². The molecule has 2 aliphatic rings. The SMILES string of the molecule is CC(C)(C)c1cn2nc(OCC3CCN(c4ncnc5c4CCCC5)C3)ccc2n1. The fourth-order valence-corrected chi connectivity index (χ4v) is 4.44. The monoisotopic (exact) mass is 406 g/mol. The van der Waals surface area contributed by atoms with Gasteiger partial charge in [0.2, 0.25) is 5.88 Å². The van der Waals surface area contributed by atoms with Gasteiger partial charge in [-0.15, -0.1) is 5.10 Å². The molecule has 1 unspecified atom stereocenters. The maximum atomic E-state index is 6.07. The Morgan fingerprint density at radius 3 is 2.87 bits per heavy atom. The molecule has 0 N–H and O–H groups in total. The van der Waals surface area contributed by atoms with Crippen molar-refractivity contribution in [1.82, 2.24) is 24.6 Å². The first-order valence-electron chi connectivity index (χ1n) is 11.0. The summed E-state index contributed by atoms with van der Waals surface area (Å²) in [6, 6.07) is 3.90. The number of nitrogens with zero attached hydrogens (tertiary/aromatic N) is 6. The van der Waals surface area contributed by atoms with Crippen molar-refractivity contribution < 1.29 is 4.74 Å². The summed E-state index contributed by atoms with van der Waals surface area (Å²) in [5.74, 6) is 2.28. The number of aryl methyl sites for hydroxylation is 1. The van der Waals surface area contributed by atoms with Crippen LogP contribution in [0.25, 0.3) is 5.65 Å². The molecule has 7 nitrogen and oxygen atoms in total.